The normalized spacial score (nSPS) is 14.2. The molecule has 4 rings (SSSR count). The predicted octanol–water partition coefficient (Wildman–Crippen LogP) is 4.87. The molecule has 2 aromatic heterocycles. The fourth-order valence-electron chi connectivity index (χ4n) is 3.17. The number of ether oxygens (including phenoxy) is 1. The van der Waals surface area contributed by atoms with Gasteiger partial charge in [-0.25, -0.2) is 4.98 Å². The van der Waals surface area contributed by atoms with E-state index < -0.39 is 12.3 Å². The predicted molar refractivity (Wildman–Crippen MR) is 95.0 cm³/mol. The van der Waals surface area contributed by atoms with Gasteiger partial charge in [0.1, 0.15) is 11.5 Å². The molecule has 6 nitrogen and oxygen atoms in total. The zero-order valence-corrected chi connectivity index (χ0v) is 15.3. The number of carbonyl (C=O) groups is 2. The summed E-state index contributed by atoms with van der Waals surface area (Å²) in [5.41, 5.74) is 1.37. The summed E-state index contributed by atoms with van der Waals surface area (Å²) in [6.07, 6.45) is -3.09. The van der Waals surface area contributed by atoms with Crippen molar-refractivity contribution in [2.45, 2.75) is 32.5 Å². The Labute approximate surface area is 160 Å². The fraction of sp³-hybridized carbons (Fsp3) is 0.278. The van der Waals surface area contributed by atoms with Gasteiger partial charge in [0.2, 0.25) is 0 Å². The average molecular weight is 410 g/mol. The average Bonchev–Trinajstić information content (AvgIpc) is 3.14. The first kappa shape index (κ1) is 18.5. The Morgan fingerprint density at radius 3 is 2.82 bits per heavy atom. The van der Waals surface area contributed by atoms with E-state index >= 15 is 0 Å². The number of anilines is 1. The van der Waals surface area contributed by atoms with Crippen molar-refractivity contribution in [3.8, 4) is 5.75 Å². The number of hydrogen-bond donors (Lipinski definition) is 1. The van der Waals surface area contributed by atoms with Crippen molar-refractivity contribution in [1.82, 2.24) is 4.98 Å². The van der Waals surface area contributed by atoms with Gasteiger partial charge in [-0.05, 0) is 25.5 Å². The minimum absolute atomic E-state index is 0.0422. The summed E-state index contributed by atoms with van der Waals surface area (Å²) in [6.45, 7) is 1.65. The Morgan fingerprint density at radius 1 is 1.32 bits per heavy atom. The molecular formula is C18H13F3N2O4S. The highest BCUT2D eigenvalue weighted by molar-refractivity contribution is 7.22. The molecule has 0 saturated heterocycles. The molecule has 2 heterocycles. The standard InChI is InChI=1S/C18H13F3N2O4S/c1-8-14-11(24)3-2-4-12(14)26-15(8)16(25)23-17-22-10-6-5-9(7-13(10)28-17)27-18(19,20)21/h5-7H,2-4H2,1H3,(H,22,23,25). The van der Waals surface area contributed by atoms with Crippen LogP contribution in [0, 0.1) is 6.92 Å². The molecule has 146 valence electrons. The summed E-state index contributed by atoms with van der Waals surface area (Å²) in [5, 5.41) is 2.78. The van der Waals surface area contributed by atoms with Gasteiger partial charge in [-0.15, -0.1) is 13.2 Å². The largest absolute Gasteiger partial charge is 0.573 e. The summed E-state index contributed by atoms with van der Waals surface area (Å²) in [6, 6.07) is 3.72. The highest BCUT2D eigenvalue weighted by atomic mass is 32.1. The van der Waals surface area contributed by atoms with Gasteiger partial charge in [0.25, 0.3) is 5.91 Å². The van der Waals surface area contributed by atoms with Crippen LogP contribution in [0.15, 0.2) is 22.6 Å². The van der Waals surface area contributed by atoms with Crippen molar-refractivity contribution in [2.75, 3.05) is 5.32 Å². The number of halogens is 3. The van der Waals surface area contributed by atoms with E-state index in [4.69, 9.17) is 4.42 Å². The van der Waals surface area contributed by atoms with E-state index in [-0.39, 0.29) is 22.4 Å². The lowest BCUT2D eigenvalue weighted by Gasteiger charge is -2.07. The molecule has 0 atom stereocenters. The van der Waals surface area contributed by atoms with Crippen molar-refractivity contribution >= 4 is 38.4 Å². The molecule has 1 aromatic carbocycles. The van der Waals surface area contributed by atoms with Crippen molar-refractivity contribution in [3.63, 3.8) is 0 Å². The SMILES string of the molecule is Cc1c(C(=O)Nc2nc3ccc(OC(F)(F)F)cc3s2)oc2c1C(=O)CCC2. The van der Waals surface area contributed by atoms with E-state index in [1.165, 1.54) is 12.1 Å². The first-order valence-electron chi connectivity index (χ1n) is 8.34. The van der Waals surface area contributed by atoms with E-state index in [9.17, 15) is 22.8 Å². The molecule has 10 heteroatoms. The number of rotatable bonds is 3. The minimum Gasteiger partial charge on any atom is -0.455 e. The van der Waals surface area contributed by atoms with Gasteiger partial charge in [0, 0.05) is 24.5 Å². The van der Waals surface area contributed by atoms with Crippen LogP contribution in [0.1, 0.15) is 45.1 Å². The van der Waals surface area contributed by atoms with Crippen LogP contribution in [0.3, 0.4) is 0 Å². The molecule has 0 spiro atoms. The van der Waals surface area contributed by atoms with Crippen LogP contribution in [0.25, 0.3) is 10.2 Å². The molecule has 0 saturated carbocycles. The number of furan rings is 1. The Kier molecular flexibility index (Phi) is 4.37. The molecule has 3 aromatic rings. The Morgan fingerprint density at radius 2 is 2.11 bits per heavy atom. The second-order valence-corrected chi connectivity index (χ2v) is 7.31. The zero-order valence-electron chi connectivity index (χ0n) is 14.5. The number of amides is 1. The van der Waals surface area contributed by atoms with E-state index in [0.717, 1.165) is 17.4 Å². The summed E-state index contributed by atoms with van der Waals surface area (Å²) in [5.74, 6) is -0.420. The number of aryl methyl sites for hydroxylation is 1. The molecule has 1 amide bonds. The maximum Gasteiger partial charge on any atom is 0.573 e. The topological polar surface area (TPSA) is 81.4 Å². The smallest absolute Gasteiger partial charge is 0.455 e. The van der Waals surface area contributed by atoms with Crippen LogP contribution in [-0.4, -0.2) is 23.0 Å². The number of benzene rings is 1. The Hall–Kier alpha value is -2.88. The molecule has 0 aliphatic heterocycles. The highest BCUT2D eigenvalue weighted by Gasteiger charge is 2.31. The second kappa shape index (κ2) is 6.62. The summed E-state index contributed by atoms with van der Waals surface area (Å²) < 4.78 is 46.9. The first-order chi connectivity index (χ1) is 13.2. The van der Waals surface area contributed by atoms with Crippen molar-refractivity contribution in [1.29, 1.82) is 0 Å². The molecule has 1 aliphatic carbocycles. The van der Waals surface area contributed by atoms with Crippen LogP contribution in [0.2, 0.25) is 0 Å². The van der Waals surface area contributed by atoms with Crippen molar-refractivity contribution < 1.29 is 31.9 Å². The molecule has 0 radical (unpaired) electrons. The van der Waals surface area contributed by atoms with Gasteiger partial charge in [-0.2, -0.15) is 0 Å². The lowest BCUT2D eigenvalue weighted by atomic mass is 9.94. The van der Waals surface area contributed by atoms with Gasteiger partial charge in [-0.1, -0.05) is 11.3 Å². The van der Waals surface area contributed by atoms with Crippen LogP contribution in [0.4, 0.5) is 18.3 Å². The Balaban J connectivity index is 1.58. The van der Waals surface area contributed by atoms with E-state index in [1.54, 1.807) is 6.92 Å². The number of ketones is 1. The van der Waals surface area contributed by atoms with Gasteiger partial charge in [0.15, 0.2) is 16.7 Å². The number of nitrogens with one attached hydrogen (secondary N) is 1. The summed E-state index contributed by atoms with van der Waals surface area (Å²) in [4.78, 5) is 28.8. The minimum atomic E-state index is -4.79. The van der Waals surface area contributed by atoms with Crippen LogP contribution >= 0.6 is 11.3 Å². The van der Waals surface area contributed by atoms with Crippen molar-refractivity contribution in [2.24, 2.45) is 0 Å². The molecule has 1 aliphatic rings. The number of hydrogen-bond acceptors (Lipinski definition) is 6. The van der Waals surface area contributed by atoms with Crippen LogP contribution in [-0.2, 0) is 6.42 Å². The van der Waals surface area contributed by atoms with Gasteiger partial charge in [0.05, 0.1) is 15.8 Å². The highest BCUT2D eigenvalue weighted by Crippen LogP contribution is 2.33. The third-order valence-electron chi connectivity index (χ3n) is 4.33. The lowest BCUT2D eigenvalue weighted by Crippen LogP contribution is -2.16. The maximum absolute atomic E-state index is 12.6. The van der Waals surface area contributed by atoms with Gasteiger partial charge in [-0.3, -0.25) is 14.9 Å². The van der Waals surface area contributed by atoms with Crippen molar-refractivity contribution in [3.05, 3.63) is 40.8 Å². The second-order valence-electron chi connectivity index (χ2n) is 6.28. The quantitative estimate of drug-likeness (QED) is 0.666. The van der Waals surface area contributed by atoms with E-state index in [2.05, 4.69) is 15.0 Å². The third-order valence-corrected chi connectivity index (χ3v) is 5.26. The number of carbonyl (C=O) groups excluding carboxylic acids is 2. The fourth-order valence-corrected chi connectivity index (χ4v) is 4.06. The molecule has 0 fully saturated rings. The number of aromatic nitrogens is 1. The lowest BCUT2D eigenvalue weighted by molar-refractivity contribution is -0.274. The van der Waals surface area contributed by atoms with Gasteiger partial charge < -0.3 is 9.15 Å². The number of nitrogens with zero attached hydrogens (tertiary/aromatic N) is 1. The number of Topliss-reactive ketones (excluding diaryl/α,β-unsaturated/α-hetero) is 1. The molecular weight excluding hydrogens is 397 g/mol. The van der Waals surface area contributed by atoms with E-state index in [0.29, 0.717) is 46.4 Å². The molecule has 0 unspecified atom stereocenters. The first-order valence-corrected chi connectivity index (χ1v) is 9.16. The van der Waals surface area contributed by atoms with Crippen LogP contribution in [0.5, 0.6) is 5.75 Å². The van der Waals surface area contributed by atoms with Gasteiger partial charge >= 0.3 is 6.36 Å². The number of alkyl halides is 3. The number of fused-ring (bicyclic) bond motifs is 2. The van der Waals surface area contributed by atoms with E-state index in [1.807, 2.05) is 0 Å². The zero-order chi connectivity index (χ0) is 20.1. The Bertz CT molecular complexity index is 1100. The summed E-state index contributed by atoms with van der Waals surface area (Å²) in [7, 11) is 0. The molecule has 1 N–H and O–H groups in total. The summed E-state index contributed by atoms with van der Waals surface area (Å²) >= 11 is 1.00. The third kappa shape index (κ3) is 3.47. The monoisotopic (exact) mass is 410 g/mol. The maximum atomic E-state index is 12.6. The van der Waals surface area contributed by atoms with Crippen LogP contribution < -0.4 is 10.1 Å². The molecule has 0 bridgehead atoms. The molecule has 28 heavy (non-hydrogen) atoms. The number of thiazole rings is 1.